The number of aliphatic hydroxyl groups excluding tert-OH is 1. The molecule has 0 bridgehead atoms. The molecule has 5 heteroatoms. The van der Waals surface area contributed by atoms with E-state index in [1.807, 2.05) is 4.90 Å². The maximum absolute atomic E-state index is 12.8. The molecule has 2 atom stereocenters. The Bertz CT molecular complexity index is 706. The van der Waals surface area contributed by atoms with E-state index in [-0.39, 0.29) is 24.2 Å². The van der Waals surface area contributed by atoms with Crippen LogP contribution in [0.5, 0.6) is 0 Å². The van der Waals surface area contributed by atoms with Gasteiger partial charge in [-0.2, -0.15) is 0 Å². The standard InChI is InChI=1S/C24H35N3O2/c28-15-21-22(19-10-2-1-3-11-19)24(27(21)14-18-8-4-5-9-18)16-26(17-24)23(29)25-20-12-6-7-13-20/h1-3,10-11,18,20-22,28H,4-9,12-17H2,(H,25,29)/t21-,22+/m1/s1. The lowest BCUT2D eigenvalue weighted by atomic mass is 9.60. The van der Waals surface area contributed by atoms with Gasteiger partial charge < -0.3 is 15.3 Å². The van der Waals surface area contributed by atoms with E-state index in [4.69, 9.17) is 0 Å². The molecule has 2 aliphatic carbocycles. The molecule has 29 heavy (non-hydrogen) atoms. The summed E-state index contributed by atoms with van der Waals surface area (Å²) in [5, 5.41) is 13.5. The van der Waals surface area contributed by atoms with Crippen LogP contribution in [0.4, 0.5) is 4.79 Å². The fourth-order valence-electron chi connectivity index (χ4n) is 6.62. The summed E-state index contributed by atoms with van der Waals surface area (Å²) in [4.78, 5) is 17.4. The van der Waals surface area contributed by atoms with Crippen LogP contribution in [0.1, 0.15) is 62.8 Å². The van der Waals surface area contributed by atoms with Gasteiger partial charge in [0.15, 0.2) is 0 Å². The first-order valence-electron chi connectivity index (χ1n) is 11.7. The number of urea groups is 1. The highest BCUT2D eigenvalue weighted by atomic mass is 16.3. The van der Waals surface area contributed by atoms with Crippen LogP contribution in [0.15, 0.2) is 30.3 Å². The van der Waals surface area contributed by atoms with E-state index in [2.05, 4.69) is 40.5 Å². The van der Waals surface area contributed by atoms with Crippen LogP contribution in [-0.2, 0) is 0 Å². The highest BCUT2D eigenvalue weighted by Crippen LogP contribution is 2.54. The molecule has 0 unspecified atom stereocenters. The predicted molar refractivity (Wildman–Crippen MR) is 114 cm³/mol. The third-order valence-electron chi connectivity index (χ3n) is 8.11. The number of amides is 2. The maximum atomic E-state index is 12.8. The number of rotatable bonds is 5. The first-order chi connectivity index (χ1) is 14.2. The Balaban J connectivity index is 1.32. The second-order valence-corrected chi connectivity index (χ2v) is 9.83. The lowest BCUT2D eigenvalue weighted by Crippen LogP contribution is -2.85. The van der Waals surface area contributed by atoms with E-state index in [0.29, 0.717) is 12.0 Å². The zero-order chi connectivity index (χ0) is 19.8. The summed E-state index contributed by atoms with van der Waals surface area (Å²) in [6.45, 7) is 2.84. The molecule has 1 aromatic carbocycles. The van der Waals surface area contributed by atoms with Crippen LogP contribution in [-0.4, -0.2) is 64.8 Å². The number of hydrogen-bond acceptors (Lipinski definition) is 3. The van der Waals surface area contributed by atoms with Crippen molar-refractivity contribution in [3.05, 3.63) is 35.9 Å². The lowest BCUT2D eigenvalue weighted by molar-refractivity contribution is -0.183. The molecule has 2 N–H and O–H groups in total. The molecular formula is C24H35N3O2. The van der Waals surface area contributed by atoms with Gasteiger partial charge in [-0.05, 0) is 37.2 Å². The Labute approximate surface area is 174 Å². The number of aliphatic hydroxyl groups is 1. The van der Waals surface area contributed by atoms with Crippen molar-refractivity contribution in [1.29, 1.82) is 0 Å². The molecule has 158 valence electrons. The SMILES string of the molecule is O=C(NC1CCCC1)N1CC2(C1)[C@@H](c1ccccc1)[C@@H](CO)N2CC1CCCC1. The Morgan fingerprint density at radius 3 is 2.34 bits per heavy atom. The number of benzene rings is 1. The van der Waals surface area contributed by atoms with E-state index in [1.54, 1.807) is 0 Å². The summed E-state index contributed by atoms with van der Waals surface area (Å²) >= 11 is 0. The molecule has 5 rings (SSSR count). The summed E-state index contributed by atoms with van der Waals surface area (Å²) in [5.41, 5.74) is 1.31. The van der Waals surface area contributed by atoms with Crippen LogP contribution in [0.3, 0.4) is 0 Å². The van der Waals surface area contributed by atoms with Gasteiger partial charge in [0.2, 0.25) is 0 Å². The van der Waals surface area contributed by atoms with Gasteiger partial charge in [0, 0.05) is 37.6 Å². The van der Waals surface area contributed by atoms with Crippen molar-refractivity contribution in [2.75, 3.05) is 26.2 Å². The zero-order valence-electron chi connectivity index (χ0n) is 17.4. The molecule has 0 radical (unpaired) electrons. The summed E-state index contributed by atoms with van der Waals surface area (Å²) in [6, 6.07) is 11.3. The molecule has 1 spiro atoms. The molecule has 2 saturated heterocycles. The minimum Gasteiger partial charge on any atom is -0.395 e. The van der Waals surface area contributed by atoms with E-state index in [9.17, 15) is 9.90 Å². The minimum absolute atomic E-state index is 0.00432. The average Bonchev–Trinajstić information content (AvgIpc) is 3.39. The summed E-state index contributed by atoms with van der Waals surface area (Å²) in [7, 11) is 0. The van der Waals surface area contributed by atoms with Gasteiger partial charge in [-0.1, -0.05) is 56.0 Å². The van der Waals surface area contributed by atoms with Crippen molar-refractivity contribution in [1.82, 2.24) is 15.1 Å². The average molecular weight is 398 g/mol. The Morgan fingerprint density at radius 2 is 1.69 bits per heavy atom. The van der Waals surface area contributed by atoms with Crippen LogP contribution < -0.4 is 5.32 Å². The Morgan fingerprint density at radius 1 is 1.03 bits per heavy atom. The van der Waals surface area contributed by atoms with Gasteiger partial charge in [-0.15, -0.1) is 0 Å². The van der Waals surface area contributed by atoms with Gasteiger partial charge >= 0.3 is 6.03 Å². The number of nitrogens with zero attached hydrogens (tertiary/aromatic N) is 2. The highest BCUT2D eigenvalue weighted by molar-refractivity contribution is 5.76. The van der Waals surface area contributed by atoms with Gasteiger partial charge in [0.05, 0.1) is 12.1 Å². The molecule has 5 nitrogen and oxygen atoms in total. The Kier molecular flexibility index (Phi) is 5.29. The van der Waals surface area contributed by atoms with Crippen LogP contribution in [0.2, 0.25) is 0 Å². The smallest absolute Gasteiger partial charge is 0.317 e. The summed E-state index contributed by atoms with van der Waals surface area (Å²) in [5.74, 6) is 1.06. The second kappa shape index (κ2) is 7.92. The van der Waals surface area contributed by atoms with Crippen molar-refractivity contribution >= 4 is 6.03 Å². The van der Waals surface area contributed by atoms with Crippen LogP contribution >= 0.6 is 0 Å². The van der Waals surface area contributed by atoms with Gasteiger partial charge in [0.1, 0.15) is 0 Å². The zero-order valence-corrected chi connectivity index (χ0v) is 17.4. The van der Waals surface area contributed by atoms with Crippen molar-refractivity contribution < 1.29 is 9.90 Å². The third-order valence-corrected chi connectivity index (χ3v) is 8.11. The molecule has 2 saturated carbocycles. The van der Waals surface area contributed by atoms with Gasteiger partial charge in [-0.25, -0.2) is 4.79 Å². The molecule has 0 aromatic heterocycles. The first-order valence-corrected chi connectivity index (χ1v) is 11.7. The van der Waals surface area contributed by atoms with Crippen molar-refractivity contribution in [2.24, 2.45) is 5.92 Å². The van der Waals surface area contributed by atoms with Crippen molar-refractivity contribution in [3.8, 4) is 0 Å². The molecule has 4 fully saturated rings. The number of likely N-dealkylation sites (tertiary alicyclic amines) is 2. The largest absolute Gasteiger partial charge is 0.395 e. The maximum Gasteiger partial charge on any atom is 0.317 e. The first kappa shape index (κ1) is 19.4. The van der Waals surface area contributed by atoms with E-state index in [0.717, 1.165) is 38.4 Å². The van der Waals surface area contributed by atoms with Gasteiger partial charge in [0.25, 0.3) is 0 Å². The molecule has 2 amide bonds. The summed E-state index contributed by atoms with van der Waals surface area (Å²) in [6.07, 6.45) is 10.0. The number of nitrogens with one attached hydrogen (secondary N) is 1. The van der Waals surface area contributed by atoms with E-state index in [1.165, 1.54) is 44.1 Å². The monoisotopic (exact) mass is 397 g/mol. The molecule has 1 aromatic rings. The van der Waals surface area contributed by atoms with E-state index < -0.39 is 0 Å². The fourth-order valence-corrected chi connectivity index (χ4v) is 6.62. The number of carbonyl (C=O) groups is 1. The number of carbonyl (C=O) groups excluding carboxylic acids is 1. The fraction of sp³-hybridized carbons (Fsp3) is 0.708. The van der Waals surface area contributed by atoms with E-state index >= 15 is 0 Å². The molecular weight excluding hydrogens is 362 g/mol. The molecule has 2 aliphatic heterocycles. The minimum atomic E-state index is 0.00432. The second-order valence-electron chi connectivity index (χ2n) is 9.83. The lowest BCUT2D eigenvalue weighted by Gasteiger charge is -2.71. The van der Waals surface area contributed by atoms with Crippen molar-refractivity contribution in [3.63, 3.8) is 0 Å². The summed E-state index contributed by atoms with van der Waals surface area (Å²) < 4.78 is 0. The molecule has 2 heterocycles. The third kappa shape index (κ3) is 3.36. The topological polar surface area (TPSA) is 55.8 Å². The predicted octanol–water partition coefficient (Wildman–Crippen LogP) is 3.34. The number of hydrogen-bond donors (Lipinski definition) is 2. The quantitative estimate of drug-likeness (QED) is 0.801. The van der Waals surface area contributed by atoms with Gasteiger partial charge in [-0.3, -0.25) is 4.90 Å². The van der Waals surface area contributed by atoms with Crippen LogP contribution in [0, 0.1) is 5.92 Å². The highest BCUT2D eigenvalue weighted by Gasteiger charge is 2.66. The van der Waals surface area contributed by atoms with Crippen LogP contribution in [0.25, 0.3) is 0 Å². The van der Waals surface area contributed by atoms with Crippen molar-refractivity contribution in [2.45, 2.75) is 74.9 Å². The Hall–Kier alpha value is -1.59. The molecule has 4 aliphatic rings. The normalized spacial score (nSPS) is 29.8.